The van der Waals surface area contributed by atoms with E-state index in [0.29, 0.717) is 16.8 Å². The van der Waals surface area contributed by atoms with Gasteiger partial charge < -0.3 is 9.80 Å². The molecule has 0 aliphatic carbocycles. The van der Waals surface area contributed by atoms with E-state index in [9.17, 15) is 4.79 Å². The molecule has 7 nitrogen and oxygen atoms in total. The Morgan fingerprint density at radius 1 is 1.11 bits per heavy atom. The third-order valence-electron chi connectivity index (χ3n) is 5.27. The van der Waals surface area contributed by atoms with Crippen LogP contribution in [-0.4, -0.2) is 63.0 Å². The largest absolute Gasteiger partial charge is 0.337 e. The third-order valence-corrected chi connectivity index (χ3v) is 5.27. The van der Waals surface area contributed by atoms with E-state index in [1.165, 1.54) is 6.20 Å². The average Bonchev–Trinajstić information content (AvgIpc) is 3.00. The van der Waals surface area contributed by atoms with Crippen LogP contribution in [0.4, 0.5) is 0 Å². The number of nitrogens with zero attached hydrogens (tertiary/aromatic N) is 6. The highest BCUT2D eigenvalue weighted by molar-refractivity contribution is 5.94. The first-order chi connectivity index (χ1) is 13.7. The molecule has 3 aromatic rings. The molecule has 1 saturated heterocycles. The minimum Gasteiger partial charge on any atom is -0.337 e. The summed E-state index contributed by atoms with van der Waals surface area (Å²) in [5, 5.41) is 13.2. The molecule has 1 aliphatic heterocycles. The van der Waals surface area contributed by atoms with Crippen LogP contribution in [0.2, 0.25) is 0 Å². The lowest BCUT2D eigenvalue weighted by Gasteiger charge is -2.21. The van der Waals surface area contributed by atoms with Crippen molar-refractivity contribution in [2.45, 2.75) is 13.3 Å². The van der Waals surface area contributed by atoms with Crippen molar-refractivity contribution in [2.24, 2.45) is 0 Å². The van der Waals surface area contributed by atoms with Crippen molar-refractivity contribution in [3.63, 3.8) is 0 Å². The normalized spacial score (nSPS) is 15.4. The fraction of sp³-hybridized carbons (Fsp3) is 0.333. The highest BCUT2D eigenvalue weighted by Crippen LogP contribution is 2.21. The molecule has 0 atom stereocenters. The Morgan fingerprint density at radius 3 is 2.68 bits per heavy atom. The van der Waals surface area contributed by atoms with Gasteiger partial charge in [0.15, 0.2) is 5.65 Å². The lowest BCUT2D eigenvalue weighted by Crippen LogP contribution is -2.35. The fourth-order valence-corrected chi connectivity index (χ4v) is 3.58. The van der Waals surface area contributed by atoms with E-state index < -0.39 is 0 Å². The van der Waals surface area contributed by atoms with Crippen molar-refractivity contribution in [2.75, 3.05) is 32.7 Å². The monoisotopic (exact) mass is 374 g/mol. The van der Waals surface area contributed by atoms with Gasteiger partial charge in [-0.15, -0.1) is 0 Å². The molecule has 0 saturated carbocycles. The Bertz CT molecular complexity index is 1030. The van der Waals surface area contributed by atoms with E-state index >= 15 is 0 Å². The average molecular weight is 374 g/mol. The Hall–Kier alpha value is -3.24. The van der Waals surface area contributed by atoms with E-state index in [-0.39, 0.29) is 5.91 Å². The molecule has 0 radical (unpaired) electrons. The van der Waals surface area contributed by atoms with Gasteiger partial charge in [-0.25, -0.2) is 9.50 Å². The number of aromatic nitrogens is 3. The van der Waals surface area contributed by atoms with Gasteiger partial charge in [0.25, 0.3) is 5.91 Å². The third kappa shape index (κ3) is 3.47. The molecule has 3 heterocycles. The molecule has 7 heteroatoms. The van der Waals surface area contributed by atoms with E-state index in [2.05, 4.69) is 28.0 Å². The summed E-state index contributed by atoms with van der Waals surface area (Å²) in [5.41, 5.74) is 3.53. The molecule has 2 aromatic heterocycles. The van der Waals surface area contributed by atoms with Crippen LogP contribution in [0.15, 0.2) is 42.9 Å². The number of benzene rings is 1. The van der Waals surface area contributed by atoms with Gasteiger partial charge in [0.05, 0.1) is 6.20 Å². The molecule has 1 fully saturated rings. The zero-order chi connectivity index (χ0) is 19.5. The van der Waals surface area contributed by atoms with Crippen LogP contribution < -0.4 is 0 Å². The first-order valence-corrected chi connectivity index (χ1v) is 9.55. The minimum absolute atomic E-state index is 0.0869. The molecule has 1 aliphatic rings. The van der Waals surface area contributed by atoms with E-state index in [4.69, 9.17) is 5.26 Å². The van der Waals surface area contributed by atoms with Gasteiger partial charge in [-0.2, -0.15) is 10.4 Å². The van der Waals surface area contributed by atoms with E-state index in [1.807, 2.05) is 35.4 Å². The summed E-state index contributed by atoms with van der Waals surface area (Å²) in [6.45, 7) is 6.75. The first kappa shape index (κ1) is 18.1. The maximum Gasteiger partial charge on any atom is 0.253 e. The SMILES string of the molecule is CCN1CCCN(C(=O)c2ccc(-c3cnc4c(C#N)cnn4c3)cc2)CC1. The summed E-state index contributed by atoms with van der Waals surface area (Å²) in [6.07, 6.45) is 6.09. The van der Waals surface area contributed by atoms with Crippen molar-refractivity contribution in [1.82, 2.24) is 24.4 Å². The second-order valence-corrected chi connectivity index (χ2v) is 6.94. The zero-order valence-corrected chi connectivity index (χ0v) is 15.9. The zero-order valence-electron chi connectivity index (χ0n) is 15.9. The number of hydrogen-bond acceptors (Lipinski definition) is 5. The molecular formula is C21H22N6O. The van der Waals surface area contributed by atoms with Crippen LogP contribution in [0.3, 0.4) is 0 Å². The number of nitriles is 1. The van der Waals surface area contributed by atoms with Gasteiger partial charge in [-0.3, -0.25) is 4.79 Å². The summed E-state index contributed by atoms with van der Waals surface area (Å²) in [5.74, 6) is 0.0869. The van der Waals surface area contributed by atoms with E-state index in [1.54, 1.807) is 10.7 Å². The van der Waals surface area contributed by atoms with Crippen molar-refractivity contribution >= 4 is 11.6 Å². The Balaban J connectivity index is 1.52. The van der Waals surface area contributed by atoms with Crippen molar-refractivity contribution < 1.29 is 4.79 Å². The van der Waals surface area contributed by atoms with E-state index in [0.717, 1.165) is 50.3 Å². The Morgan fingerprint density at radius 2 is 1.93 bits per heavy atom. The van der Waals surface area contributed by atoms with Crippen LogP contribution in [0.5, 0.6) is 0 Å². The molecule has 1 aromatic carbocycles. The van der Waals surface area contributed by atoms with Gasteiger partial charge in [0, 0.05) is 43.2 Å². The highest BCUT2D eigenvalue weighted by Gasteiger charge is 2.19. The summed E-state index contributed by atoms with van der Waals surface area (Å²) < 4.78 is 1.60. The molecule has 142 valence electrons. The second kappa shape index (κ2) is 7.79. The van der Waals surface area contributed by atoms with Gasteiger partial charge in [0.1, 0.15) is 11.6 Å². The molecule has 0 unspecified atom stereocenters. The number of carbonyl (C=O) groups excluding carboxylic acids is 1. The van der Waals surface area contributed by atoms with Gasteiger partial charge >= 0.3 is 0 Å². The molecule has 0 N–H and O–H groups in total. The molecule has 1 amide bonds. The van der Waals surface area contributed by atoms with Crippen molar-refractivity contribution in [1.29, 1.82) is 5.26 Å². The van der Waals surface area contributed by atoms with Crippen molar-refractivity contribution in [3.8, 4) is 17.2 Å². The molecule has 0 spiro atoms. The quantitative estimate of drug-likeness (QED) is 0.704. The number of amides is 1. The number of rotatable bonds is 3. The Kier molecular flexibility index (Phi) is 5.04. The summed E-state index contributed by atoms with van der Waals surface area (Å²) in [6, 6.07) is 9.68. The maximum atomic E-state index is 12.9. The lowest BCUT2D eigenvalue weighted by atomic mass is 10.1. The number of hydrogen-bond donors (Lipinski definition) is 0. The number of carbonyl (C=O) groups is 1. The topological polar surface area (TPSA) is 77.5 Å². The van der Waals surface area contributed by atoms with Crippen molar-refractivity contribution in [3.05, 3.63) is 54.0 Å². The molecule has 0 bridgehead atoms. The first-order valence-electron chi connectivity index (χ1n) is 9.55. The summed E-state index contributed by atoms with van der Waals surface area (Å²) in [4.78, 5) is 21.5. The summed E-state index contributed by atoms with van der Waals surface area (Å²) in [7, 11) is 0. The minimum atomic E-state index is 0.0869. The molecular weight excluding hydrogens is 352 g/mol. The predicted octanol–water partition coefficient (Wildman–Crippen LogP) is 2.44. The van der Waals surface area contributed by atoms with Crippen LogP contribution >= 0.6 is 0 Å². The maximum absolute atomic E-state index is 12.9. The smallest absolute Gasteiger partial charge is 0.253 e. The van der Waals surface area contributed by atoms with Crippen LogP contribution in [0.25, 0.3) is 16.8 Å². The van der Waals surface area contributed by atoms with Gasteiger partial charge in [0.2, 0.25) is 0 Å². The van der Waals surface area contributed by atoms with Crippen LogP contribution in [0.1, 0.15) is 29.3 Å². The predicted molar refractivity (Wildman–Crippen MR) is 106 cm³/mol. The standard InChI is InChI=1S/C21H22N6O/c1-2-25-8-3-9-26(11-10-25)21(28)17-6-4-16(5-7-17)19-13-23-20-18(12-22)14-24-27(20)15-19/h4-7,13-15H,2-3,8-11H2,1H3. The molecule has 28 heavy (non-hydrogen) atoms. The van der Waals surface area contributed by atoms with Crippen LogP contribution in [0, 0.1) is 11.3 Å². The number of fused-ring (bicyclic) bond motifs is 1. The van der Waals surface area contributed by atoms with Gasteiger partial charge in [-0.05, 0) is 37.2 Å². The van der Waals surface area contributed by atoms with Gasteiger partial charge in [-0.1, -0.05) is 19.1 Å². The Labute approximate surface area is 163 Å². The fourth-order valence-electron chi connectivity index (χ4n) is 3.58. The highest BCUT2D eigenvalue weighted by atomic mass is 16.2. The second-order valence-electron chi connectivity index (χ2n) is 6.94. The van der Waals surface area contributed by atoms with Crippen LogP contribution in [-0.2, 0) is 0 Å². The lowest BCUT2D eigenvalue weighted by molar-refractivity contribution is 0.0762. The summed E-state index contributed by atoms with van der Waals surface area (Å²) >= 11 is 0. The molecule has 4 rings (SSSR count). The number of likely N-dealkylation sites (N-methyl/N-ethyl adjacent to an activating group) is 1.